The Bertz CT molecular complexity index is 1930. The van der Waals surface area contributed by atoms with E-state index in [1.807, 2.05) is 140 Å². The van der Waals surface area contributed by atoms with E-state index in [1.54, 1.807) is 6.20 Å². The second-order valence-electron chi connectivity index (χ2n) is 13.2. The molecule has 0 aliphatic carbocycles. The molecule has 0 spiro atoms. The third-order valence-corrected chi connectivity index (χ3v) is 9.41. The average molecular weight is 708 g/mol. The largest absolute Gasteiger partial charge is 0.382 e. The maximum Gasteiger partial charge on any atom is 0.121 e. The normalized spacial score (nSPS) is 20.5. The van der Waals surface area contributed by atoms with Crippen molar-refractivity contribution in [3.63, 3.8) is 0 Å². The van der Waals surface area contributed by atoms with Gasteiger partial charge >= 0.3 is 0 Å². The minimum absolute atomic E-state index is 0.262. The molecular formula is C46H45NO6. The number of nitrogens with zero attached hydrogens (tertiary/aromatic N) is 1. The molecule has 1 aliphatic heterocycles. The SMILES string of the molecule is OC(c1cccc([C@@H]2O[C@H](COCc3ccccc3)[C@@H](OCc3ccccc3)[C@H](OCc3ccccc3)[C@H]2OCc2ccccc2)c1)c1ccccn1. The van der Waals surface area contributed by atoms with Crippen LogP contribution in [0, 0.1) is 0 Å². The molecule has 5 aromatic carbocycles. The smallest absolute Gasteiger partial charge is 0.121 e. The van der Waals surface area contributed by atoms with Gasteiger partial charge in [0.1, 0.15) is 36.6 Å². The summed E-state index contributed by atoms with van der Waals surface area (Å²) in [5, 5.41) is 11.4. The predicted molar refractivity (Wildman–Crippen MR) is 204 cm³/mol. The van der Waals surface area contributed by atoms with E-state index in [2.05, 4.69) is 29.2 Å². The van der Waals surface area contributed by atoms with E-state index in [0.717, 1.165) is 27.8 Å². The first-order valence-corrected chi connectivity index (χ1v) is 18.1. The summed E-state index contributed by atoms with van der Waals surface area (Å²) in [6, 6.07) is 53.8. The van der Waals surface area contributed by atoms with E-state index in [0.29, 0.717) is 37.7 Å². The lowest BCUT2D eigenvalue weighted by Crippen LogP contribution is -2.58. The van der Waals surface area contributed by atoms with Crippen LogP contribution in [0.2, 0.25) is 0 Å². The van der Waals surface area contributed by atoms with E-state index in [1.165, 1.54) is 0 Å². The highest BCUT2D eigenvalue weighted by molar-refractivity contribution is 5.32. The average Bonchev–Trinajstić information content (AvgIpc) is 3.23. The minimum atomic E-state index is -0.916. The monoisotopic (exact) mass is 707 g/mol. The Labute approximate surface area is 311 Å². The van der Waals surface area contributed by atoms with Crippen molar-refractivity contribution < 1.29 is 28.8 Å². The summed E-state index contributed by atoms with van der Waals surface area (Å²) in [5.41, 5.74) is 6.29. The highest BCUT2D eigenvalue weighted by Gasteiger charge is 2.49. The molecule has 1 aromatic heterocycles. The molecule has 2 heterocycles. The van der Waals surface area contributed by atoms with Gasteiger partial charge < -0.3 is 28.8 Å². The van der Waals surface area contributed by atoms with Crippen molar-refractivity contribution in [3.05, 3.63) is 209 Å². The number of aromatic nitrogens is 1. The Morgan fingerprint density at radius 3 is 1.58 bits per heavy atom. The quantitative estimate of drug-likeness (QED) is 0.108. The molecule has 0 radical (unpaired) electrons. The van der Waals surface area contributed by atoms with Crippen molar-refractivity contribution in [3.8, 4) is 0 Å². The van der Waals surface area contributed by atoms with Gasteiger partial charge in [0.2, 0.25) is 0 Å². The van der Waals surface area contributed by atoms with Crippen molar-refractivity contribution in [1.82, 2.24) is 4.98 Å². The molecule has 0 saturated carbocycles. The van der Waals surface area contributed by atoms with Crippen LogP contribution in [0.1, 0.15) is 51.3 Å². The standard InChI is InChI=1S/C46H45NO6/c48-42(40-26-13-14-27-47-40)38-24-15-25-39(28-38)43-45(51-31-36-20-9-3-10-21-36)46(52-32-37-22-11-4-12-23-37)44(50-30-35-18-7-2-8-19-35)41(53-43)33-49-29-34-16-5-1-6-17-34/h1-28,41-46,48H,29-33H2/t41-,42?,43+,44-,45+,46+/m1/s1. The highest BCUT2D eigenvalue weighted by atomic mass is 16.6. The molecule has 53 heavy (non-hydrogen) atoms. The van der Waals surface area contributed by atoms with Gasteiger partial charge in [0.05, 0.1) is 38.7 Å². The number of hydrogen-bond donors (Lipinski definition) is 1. The number of hydrogen-bond acceptors (Lipinski definition) is 7. The molecule has 0 bridgehead atoms. The first kappa shape index (κ1) is 36.4. The van der Waals surface area contributed by atoms with E-state index in [9.17, 15) is 5.11 Å². The van der Waals surface area contributed by atoms with Crippen molar-refractivity contribution >= 4 is 0 Å². The van der Waals surface area contributed by atoms with Crippen molar-refractivity contribution in [1.29, 1.82) is 0 Å². The van der Waals surface area contributed by atoms with Gasteiger partial charge in [0, 0.05) is 6.20 Å². The van der Waals surface area contributed by atoms with Crippen molar-refractivity contribution in [2.75, 3.05) is 6.61 Å². The first-order valence-electron chi connectivity index (χ1n) is 18.1. The fraction of sp³-hybridized carbons (Fsp3) is 0.239. The second-order valence-corrected chi connectivity index (χ2v) is 13.2. The summed E-state index contributed by atoms with van der Waals surface area (Å²) in [6.07, 6.45) is -2.03. The fourth-order valence-electron chi connectivity index (χ4n) is 6.67. The van der Waals surface area contributed by atoms with Crippen LogP contribution in [0.4, 0.5) is 0 Å². The van der Waals surface area contributed by atoms with Crippen LogP contribution in [-0.2, 0) is 50.1 Å². The van der Waals surface area contributed by atoms with Gasteiger partial charge in [-0.15, -0.1) is 0 Å². The number of ether oxygens (including phenoxy) is 5. The molecule has 7 nitrogen and oxygen atoms in total. The van der Waals surface area contributed by atoms with Crippen molar-refractivity contribution in [2.24, 2.45) is 0 Å². The molecule has 270 valence electrons. The fourth-order valence-corrected chi connectivity index (χ4v) is 6.67. The summed E-state index contributed by atoms with van der Waals surface area (Å²) >= 11 is 0. The predicted octanol–water partition coefficient (Wildman–Crippen LogP) is 8.58. The van der Waals surface area contributed by atoms with Crippen LogP contribution in [0.5, 0.6) is 0 Å². The first-order chi connectivity index (χ1) is 26.2. The van der Waals surface area contributed by atoms with E-state index in [4.69, 9.17) is 23.7 Å². The molecule has 1 N–H and O–H groups in total. The zero-order chi connectivity index (χ0) is 36.1. The maximum absolute atomic E-state index is 11.4. The number of aliphatic hydroxyl groups is 1. The maximum atomic E-state index is 11.4. The Morgan fingerprint density at radius 1 is 0.528 bits per heavy atom. The molecule has 0 amide bonds. The molecule has 1 aliphatic rings. The molecular weight excluding hydrogens is 663 g/mol. The van der Waals surface area contributed by atoms with Gasteiger partial charge in [0.15, 0.2) is 0 Å². The lowest BCUT2D eigenvalue weighted by atomic mass is 9.89. The zero-order valence-corrected chi connectivity index (χ0v) is 29.6. The van der Waals surface area contributed by atoms with Crippen LogP contribution in [0.25, 0.3) is 0 Å². The summed E-state index contributed by atoms with van der Waals surface area (Å²) in [5.74, 6) is 0. The Morgan fingerprint density at radius 2 is 1.04 bits per heavy atom. The third kappa shape index (κ3) is 9.91. The second kappa shape index (κ2) is 18.7. The number of aliphatic hydroxyl groups excluding tert-OH is 1. The Kier molecular flexibility index (Phi) is 12.8. The van der Waals surface area contributed by atoms with Gasteiger partial charge in [-0.2, -0.15) is 0 Å². The van der Waals surface area contributed by atoms with Crippen molar-refractivity contribution in [2.45, 2.75) is 63.1 Å². The van der Waals surface area contributed by atoms with Gasteiger partial charge in [-0.25, -0.2) is 0 Å². The van der Waals surface area contributed by atoms with E-state index >= 15 is 0 Å². The zero-order valence-electron chi connectivity index (χ0n) is 29.6. The molecule has 7 heteroatoms. The summed E-state index contributed by atoms with van der Waals surface area (Å²) in [7, 11) is 0. The van der Waals surface area contributed by atoms with Crippen LogP contribution < -0.4 is 0 Å². The molecule has 7 rings (SSSR count). The Hall–Kier alpha value is -4.99. The molecule has 6 atom stereocenters. The third-order valence-electron chi connectivity index (χ3n) is 9.41. The summed E-state index contributed by atoms with van der Waals surface area (Å²) in [6.45, 7) is 1.73. The van der Waals surface area contributed by atoms with Gasteiger partial charge in [-0.05, 0) is 45.5 Å². The van der Waals surface area contributed by atoms with Crippen LogP contribution in [-0.4, -0.2) is 41.1 Å². The molecule has 1 fully saturated rings. The van der Waals surface area contributed by atoms with Crippen LogP contribution >= 0.6 is 0 Å². The molecule has 6 aromatic rings. The highest BCUT2D eigenvalue weighted by Crippen LogP contribution is 2.39. The number of pyridine rings is 1. The topological polar surface area (TPSA) is 79.3 Å². The minimum Gasteiger partial charge on any atom is -0.382 e. The number of benzene rings is 5. The van der Waals surface area contributed by atoms with Gasteiger partial charge in [-0.3, -0.25) is 4.98 Å². The molecule has 1 unspecified atom stereocenters. The van der Waals surface area contributed by atoms with Gasteiger partial charge in [0.25, 0.3) is 0 Å². The summed E-state index contributed by atoms with van der Waals surface area (Å²) < 4.78 is 34.1. The summed E-state index contributed by atoms with van der Waals surface area (Å²) in [4.78, 5) is 4.41. The Balaban J connectivity index is 1.26. The van der Waals surface area contributed by atoms with Gasteiger partial charge in [-0.1, -0.05) is 152 Å². The van der Waals surface area contributed by atoms with Crippen LogP contribution in [0.15, 0.2) is 170 Å². The van der Waals surface area contributed by atoms with E-state index in [-0.39, 0.29) is 6.61 Å². The lowest BCUT2D eigenvalue weighted by Gasteiger charge is -2.46. The number of rotatable bonds is 16. The van der Waals surface area contributed by atoms with E-state index < -0.39 is 36.6 Å². The lowest BCUT2D eigenvalue weighted by molar-refractivity contribution is -0.275. The van der Waals surface area contributed by atoms with Crippen LogP contribution in [0.3, 0.4) is 0 Å². The molecule has 1 saturated heterocycles.